The SMILES string of the molecule is c1ccc(-c2ccc(N(c3ccc(-c4cc5c6ccccc6n(-c6ccccc6)c5c5cc6c7c(c8ccccc8n7-c7ccccc7N6c6ccccc6)c45)cc3)c3ccc4ccccc4c3)cc2)cc1. The Kier molecular flexibility index (Phi) is 8.92. The largest absolute Gasteiger partial charge is 0.310 e. The molecule has 2 aromatic heterocycles. The average Bonchev–Trinajstić information content (AvgIpc) is 3.99. The van der Waals surface area contributed by atoms with Crippen molar-refractivity contribution < 1.29 is 0 Å². The van der Waals surface area contributed by atoms with Crippen LogP contribution in [-0.4, -0.2) is 9.13 Å². The molecule has 72 heavy (non-hydrogen) atoms. The van der Waals surface area contributed by atoms with E-state index in [1.165, 1.54) is 81.8 Å². The van der Waals surface area contributed by atoms with Crippen LogP contribution in [0.2, 0.25) is 0 Å². The Hall–Kier alpha value is -9.64. The molecule has 14 aromatic rings. The fraction of sp³-hybridized carbons (Fsp3) is 0. The van der Waals surface area contributed by atoms with Gasteiger partial charge in [-0.15, -0.1) is 0 Å². The molecule has 0 fully saturated rings. The zero-order valence-corrected chi connectivity index (χ0v) is 39.2. The molecule has 0 unspecified atom stereocenters. The molecule has 0 N–H and O–H groups in total. The van der Waals surface area contributed by atoms with Gasteiger partial charge in [0.2, 0.25) is 0 Å². The monoisotopic (exact) mass is 916 g/mol. The maximum atomic E-state index is 2.52. The number of nitrogens with zero attached hydrogens (tertiary/aromatic N) is 4. The molecule has 336 valence electrons. The minimum absolute atomic E-state index is 1.08. The predicted molar refractivity (Wildman–Crippen MR) is 304 cm³/mol. The van der Waals surface area contributed by atoms with Crippen LogP contribution in [0.15, 0.2) is 267 Å². The molecule has 3 heterocycles. The molecule has 0 amide bonds. The molecular formula is C68H44N4. The summed E-state index contributed by atoms with van der Waals surface area (Å²) >= 11 is 0. The van der Waals surface area contributed by atoms with E-state index < -0.39 is 0 Å². The van der Waals surface area contributed by atoms with Crippen molar-refractivity contribution in [3.05, 3.63) is 267 Å². The molecule has 12 aromatic carbocycles. The van der Waals surface area contributed by atoms with Crippen molar-refractivity contribution >= 4 is 99.3 Å². The summed E-state index contributed by atoms with van der Waals surface area (Å²) in [5.41, 5.74) is 18.5. The summed E-state index contributed by atoms with van der Waals surface area (Å²) in [7, 11) is 0. The van der Waals surface area contributed by atoms with Gasteiger partial charge in [0.1, 0.15) is 0 Å². The van der Waals surface area contributed by atoms with Crippen LogP contribution >= 0.6 is 0 Å². The molecule has 4 heteroatoms. The first kappa shape index (κ1) is 40.3. The molecule has 15 rings (SSSR count). The number of fused-ring (bicyclic) bond motifs is 12. The topological polar surface area (TPSA) is 16.3 Å². The standard InChI is InChI=1S/C68H44N4/c1-4-18-45(19-5-1)47-32-37-52(38-33-47)69(54-41-34-46-20-10-11-21-49(46)42-54)53-39-35-48(36-40-53)57-43-58-55-26-12-14-28-60(55)71(51-24-8-3-9-25-51)67(58)59-44-64-68-66(65(57)59)56-27-13-15-29-61(56)72(68)63-31-17-16-30-62(63)70(64)50-22-6-2-7-23-50/h1-44H. The Labute approximate surface area is 416 Å². The van der Waals surface area contributed by atoms with Crippen molar-refractivity contribution in [1.82, 2.24) is 9.13 Å². The van der Waals surface area contributed by atoms with E-state index in [-0.39, 0.29) is 0 Å². The van der Waals surface area contributed by atoms with Crippen molar-refractivity contribution in [2.75, 3.05) is 9.80 Å². The highest BCUT2D eigenvalue weighted by Gasteiger charge is 2.32. The maximum absolute atomic E-state index is 2.52. The third-order valence-corrected chi connectivity index (χ3v) is 14.9. The Morgan fingerprint density at radius 2 is 0.819 bits per heavy atom. The van der Waals surface area contributed by atoms with Gasteiger partial charge < -0.3 is 18.9 Å². The maximum Gasteiger partial charge on any atom is 0.0789 e. The van der Waals surface area contributed by atoms with Gasteiger partial charge in [0.15, 0.2) is 0 Å². The lowest BCUT2D eigenvalue weighted by Gasteiger charge is -2.33. The van der Waals surface area contributed by atoms with Crippen molar-refractivity contribution in [2.24, 2.45) is 0 Å². The lowest BCUT2D eigenvalue weighted by atomic mass is 9.90. The van der Waals surface area contributed by atoms with E-state index in [9.17, 15) is 0 Å². The van der Waals surface area contributed by atoms with Gasteiger partial charge in [-0.3, -0.25) is 0 Å². The predicted octanol–water partition coefficient (Wildman–Crippen LogP) is 18.8. The normalized spacial score (nSPS) is 12.1. The molecule has 0 saturated carbocycles. The van der Waals surface area contributed by atoms with Crippen molar-refractivity contribution in [2.45, 2.75) is 0 Å². The van der Waals surface area contributed by atoms with Gasteiger partial charge in [-0.25, -0.2) is 0 Å². The second-order valence-electron chi connectivity index (χ2n) is 18.9. The van der Waals surface area contributed by atoms with Gasteiger partial charge in [-0.05, 0) is 130 Å². The molecule has 1 aliphatic heterocycles. The molecule has 0 atom stereocenters. The second kappa shape index (κ2) is 16.0. The fourth-order valence-electron chi connectivity index (χ4n) is 11.8. The molecule has 0 aliphatic carbocycles. The summed E-state index contributed by atoms with van der Waals surface area (Å²) in [5, 5.41) is 9.77. The van der Waals surface area contributed by atoms with E-state index in [0.29, 0.717) is 0 Å². The first-order valence-electron chi connectivity index (χ1n) is 24.8. The first-order valence-corrected chi connectivity index (χ1v) is 24.8. The highest BCUT2D eigenvalue weighted by molar-refractivity contribution is 6.34. The van der Waals surface area contributed by atoms with Gasteiger partial charge in [0.05, 0.1) is 39.1 Å². The zero-order valence-electron chi connectivity index (χ0n) is 39.2. The van der Waals surface area contributed by atoms with Gasteiger partial charge >= 0.3 is 0 Å². The van der Waals surface area contributed by atoms with E-state index >= 15 is 0 Å². The van der Waals surface area contributed by atoms with E-state index in [4.69, 9.17) is 0 Å². The Morgan fingerprint density at radius 1 is 0.278 bits per heavy atom. The fourth-order valence-corrected chi connectivity index (χ4v) is 11.8. The Bertz CT molecular complexity index is 4420. The summed E-state index contributed by atoms with van der Waals surface area (Å²) in [6.07, 6.45) is 0. The van der Waals surface area contributed by atoms with Crippen LogP contribution in [0.25, 0.3) is 98.8 Å². The van der Waals surface area contributed by atoms with Crippen LogP contribution < -0.4 is 9.80 Å². The van der Waals surface area contributed by atoms with Crippen LogP contribution in [-0.2, 0) is 0 Å². The number of hydrogen-bond acceptors (Lipinski definition) is 2. The number of rotatable bonds is 7. The summed E-state index contributed by atoms with van der Waals surface area (Å²) < 4.78 is 5.01. The third kappa shape index (κ3) is 6.06. The molecule has 0 saturated heterocycles. The lowest BCUT2D eigenvalue weighted by molar-refractivity contribution is 1.11. The average molecular weight is 917 g/mol. The van der Waals surface area contributed by atoms with Gasteiger partial charge in [0.25, 0.3) is 0 Å². The summed E-state index contributed by atoms with van der Waals surface area (Å²) in [4.78, 5) is 4.87. The van der Waals surface area contributed by atoms with Gasteiger partial charge in [0, 0.05) is 60.8 Å². The number of para-hydroxylation sites is 6. The smallest absolute Gasteiger partial charge is 0.0789 e. The number of anilines is 6. The molecular weight excluding hydrogens is 873 g/mol. The molecule has 0 bridgehead atoms. The minimum atomic E-state index is 1.08. The number of benzene rings is 12. The van der Waals surface area contributed by atoms with E-state index in [2.05, 4.69) is 286 Å². The highest BCUT2D eigenvalue weighted by atomic mass is 15.2. The minimum Gasteiger partial charge on any atom is -0.310 e. The van der Waals surface area contributed by atoms with E-state index in [0.717, 1.165) is 51.1 Å². The Morgan fingerprint density at radius 3 is 1.54 bits per heavy atom. The van der Waals surface area contributed by atoms with Crippen molar-refractivity contribution in [1.29, 1.82) is 0 Å². The van der Waals surface area contributed by atoms with Crippen LogP contribution in [0.5, 0.6) is 0 Å². The summed E-state index contributed by atoms with van der Waals surface area (Å²) in [5.74, 6) is 0. The highest BCUT2D eigenvalue weighted by Crippen LogP contribution is 2.55. The lowest BCUT2D eigenvalue weighted by Crippen LogP contribution is -2.18. The van der Waals surface area contributed by atoms with Crippen molar-refractivity contribution in [3.63, 3.8) is 0 Å². The molecule has 4 nitrogen and oxygen atoms in total. The summed E-state index contributed by atoms with van der Waals surface area (Å²) in [6.45, 7) is 0. The molecule has 0 spiro atoms. The second-order valence-corrected chi connectivity index (χ2v) is 18.9. The van der Waals surface area contributed by atoms with Crippen molar-refractivity contribution in [3.8, 4) is 33.6 Å². The zero-order chi connectivity index (χ0) is 47.3. The van der Waals surface area contributed by atoms with Crippen LogP contribution in [0, 0.1) is 0 Å². The van der Waals surface area contributed by atoms with E-state index in [1.54, 1.807) is 0 Å². The number of hydrogen-bond donors (Lipinski definition) is 0. The molecule has 0 radical (unpaired) electrons. The van der Waals surface area contributed by atoms with E-state index in [1.807, 2.05) is 0 Å². The molecule has 1 aliphatic rings. The third-order valence-electron chi connectivity index (χ3n) is 14.9. The quantitative estimate of drug-likeness (QED) is 0.158. The van der Waals surface area contributed by atoms with Crippen LogP contribution in [0.4, 0.5) is 34.1 Å². The first-order chi connectivity index (χ1) is 35.7. The van der Waals surface area contributed by atoms with Crippen LogP contribution in [0.3, 0.4) is 0 Å². The summed E-state index contributed by atoms with van der Waals surface area (Å²) in [6, 6.07) is 97.8. The van der Waals surface area contributed by atoms with Crippen LogP contribution in [0.1, 0.15) is 0 Å². The Balaban J connectivity index is 1.03. The van der Waals surface area contributed by atoms with Gasteiger partial charge in [-0.1, -0.05) is 170 Å². The number of aromatic nitrogens is 2. The van der Waals surface area contributed by atoms with Gasteiger partial charge in [-0.2, -0.15) is 0 Å².